The number of anilines is 1. The Labute approximate surface area is 163 Å². The van der Waals surface area contributed by atoms with Crippen molar-refractivity contribution in [3.8, 4) is 5.75 Å². The van der Waals surface area contributed by atoms with E-state index in [0.717, 1.165) is 5.82 Å². The highest BCUT2D eigenvalue weighted by Crippen LogP contribution is 2.25. The van der Waals surface area contributed by atoms with Crippen LogP contribution in [0.1, 0.15) is 5.82 Å². The van der Waals surface area contributed by atoms with E-state index in [1.54, 1.807) is 35.2 Å². The van der Waals surface area contributed by atoms with Gasteiger partial charge in [-0.2, -0.15) is 0 Å². The Morgan fingerprint density at radius 2 is 2.11 bits per heavy atom. The van der Waals surface area contributed by atoms with Gasteiger partial charge in [0, 0.05) is 45.6 Å². The molecule has 2 saturated heterocycles. The summed E-state index contributed by atoms with van der Waals surface area (Å²) in [4.78, 5) is 35.1. The number of rotatable bonds is 4. The molecule has 4 rings (SSSR count). The third kappa shape index (κ3) is 3.35. The number of hydrogen-bond donors (Lipinski definition) is 1. The van der Waals surface area contributed by atoms with Gasteiger partial charge in [-0.15, -0.1) is 0 Å². The predicted molar refractivity (Wildman–Crippen MR) is 103 cm³/mol. The minimum absolute atomic E-state index is 0.00932. The lowest BCUT2D eigenvalue weighted by Gasteiger charge is -2.36. The number of piperazine rings is 1. The second kappa shape index (κ2) is 7.41. The number of aromatic nitrogens is 2. The Morgan fingerprint density at radius 1 is 1.29 bits per heavy atom. The zero-order valence-corrected chi connectivity index (χ0v) is 16.0. The zero-order valence-electron chi connectivity index (χ0n) is 16.0. The van der Waals surface area contributed by atoms with Crippen molar-refractivity contribution in [3.63, 3.8) is 0 Å². The number of imidazole rings is 1. The number of carbonyl (C=O) groups excluding carboxylic acids is 2. The molecule has 1 atom stereocenters. The topological polar surface area (TPSA) is 82.9 Å². The van der Waals surface area contributed by atoms with Gasteiger partial charge in [-0.25, -0.2) is 14.6 Å². The molecule has 3 heterocycles. The Hall–Kier alpha value is -3.23. The fraction of sp³-hybridized carbons (Fsp3) is 0.421. The fourth-order valence-corrected chi connectivity index (χ4v) is 3.76. The molecule has 1 aromatic heterocycles. The molecule has 2 fully saturated rings. The van der Waals surface area contributed by atoms with E-state index in [2.05, 4.69) is 10.3 Å². The lowest BCUT2D eigenvalue weighted by atomic mass is 10.2. The summed E-state index contributed by atoms with van der Waals surface area (Å²) >= 11 is 0. The summed E-state index contributed by atoms with van der Waals surface area (Å²) < 4.78 is 7.20. The van der Waals surface area contributed by atoms with Gasteiger partial charge in [0.2, 0.25) is 0 Å². The number of urea groups is 2. The molecule has 0 spiro atoms. The van der Waals surface area contributed by atoms with Gasteiger partial charge in [-0.05, 0) is 12.1 Å². The van der Waals surface area contributed by atoms with Crippen LogP contribution in [0.15, 0.2) is 36.7 Å². The highest BCUT2D eigenvalue weighted by atomic mass is 16.5. The van der Waals surface area contributed by atoms with E-state index in [0.29, 0.717) is 44.2 Å². The van der Waals surface area contributed by atoms with Gasteiger partial charge in [0.05, 0.1) is 25.4 Å². The van der Waals surface area contributed by atoms with E-state index >= 15 is 0 Å². The summed E-state index contributed by atoms with van der Waals surface area (Å²) in [5.74, 6) is 1.46. The van der Waals surface area contributed by atoms with Crippen LogP contribution in [0.25, 0.3) is 0 Å². The monoisotopic (exact) mass is 384 g/mol. The average Bonchev–Trinajstić information content (AvgIpc) is 3.25. The number of fused-ring (bicyclic) bond motifs is 1. The molecule has 2 aliphatic heterocycles. The molecule has 9 heteroatoms. The number of nitrogens with one attached hydrogen (secondary N) is 1. The summed E-state index contributed by atoms with van der Waals surface area (Å²) in [6.45, 7) is 2.59. The van der Waals surface area contributed by atoms with Crippen molar-refractivity contribution >= 4 is 17.7 Å². The second-order valence-electron chi connectivity index (χ2n) is 7.04. The maximum absolute atomic E-state index is 12.7. The summed E-state index contributed by atoms with van der Waals surface area (Å²) in [5.41, 5.74) is 0.635. The van der Waals surface area contributed by atoms with Gasteiger partial charge in [-0.3, -0.25) is 0 Å². The van der Waals surface area contributed by atoms with Crippen molar-refractivity contribution in [3.05, 3.63) is 42.5 Å². The first-order valence-corrected chi connectivity index (χ1v) is 9.27. The molecule has 1 N–H and O–H groups in total. The molecule has 148 valence electrons. The van der Waals surface area contributed by atoms with Crippen LogP contribution in [-0.4, -0.2) is 75.6 Å². The van der Waals surface area contributed by atoms with Gasteiger partial charge in [0.1, 0.15) is 11.6 Å². The number of nitrogens with zero attached hydrogens (tertiary/aromatic N) is 5. The lowest BCUT2D eigenvalue weighted by Crippen LogP contribution is -2.54. The number of aryl methyl sites for hydroxylation is 1. The van der Waals surface area contributed by atoms with Crippen LogP contribution in [0, 0.1) is 0 Å². The number of ether oxygens (including phenoxy) is 1. The minimum Gasteiger partial charge on any atom is -0.495 e. The number of methoxy groups -OCH3 is 1. The Kier molecular flexibility index (Phi) is 4.81. The molecule has 2 aromatic rings. The molecule has 0 bridgehead atoms. The Bertz CT molecular complexity index is 882. The maximum Gasteiger partial charge on any atom is 0.322 e. The first-order valence-electron chi connectivity index (χ1n) is 9.27. The van der Waals surface area contributed by atoms with Gasteiger partial charge in [0.25, 0.3) is 0 Å². The van der Waals surface area contributed by atoms with Crippen molar-refractivity contribution in [2.45, 2.75) is 12.6 Å². The van der Waals surface area contributed by atoms with Crippen LogP contribution < -0.4 is 10.1 Å². The number of hydrogen-bond acceptors (Lipinski definition) is 4. The fourth-order valence-electron chi connectivity index (χ4n) is 3.76. The van der Waals surface area contributed by atoms with Crippen molar-refractivity contribution in [1.29, 1.82) is 0 Å². The van der Waals surface area contributed by atoms with E-state index in [1.807, 2.05) is 34.8 Å². The molecule has 0 radical (unpaired) electrons. The largest absolute Gasteiger partial charge is 0.495 e. The predicted octanol–water partition coefficient (Wildman–Crippen LogP) is 1.58. The second-order valence-corrected chi connectivity index (χ2v) is 7.04. The minimum atomic E-state index is -0.181. The molecule has 9 nitrogen and oxygen atoms in total. The molecule has 0 saturated carbocycles. The van der Waals surface area contributed by atoms with Gasteiger partial charge >= 0.3 is 12.1 Å². The van der Waals surface area contributed by atoms with Crippen LogP contribution in [-0.2, 0) is 13.6 Å². The van der Waals surface area contributed by atoms with Gasteiger partial charge in [0.15, 0.2) is 0 Å². The standard InChI is InChI=1S/C19H24N6O3/c1-22-8-7-20-17(22)13-24-12-14-11-23(9-10-25(14)19(24)27)18(26)21-15-5-3-4-6-16(15)28-2/h3-8,14H,9-13H2,1-2H3,(H,21,26). The number of benzene rings is 1. The molecule has 1 unspecified atom stereocenters. The average molecular weight is 384 g/mol. The van der Waals surface area contributed by atoms with Crippen molar-refractivity contribution in [2.24, 2.45) is 7.05 Å². The normalized spacial score (nSPS) is 19.0. The van der Waals surface area contributed by atoms with E-state index in [9.17, 15) is 9.59 Å². The zero-order chi connectivity index (χ0) is 19.7. The maximum atomic E-state index is 12.7. The Balaban J connectivity index is 1.39. The van der Waals surface area contributed by atoms with E-state index in [4.69, 9.17) is 4.74 Å². The van der Waals surface area contributed by atoms with Crippen molar-refractivity contribution in [2.75, 3.05) is 38.6 Å². The highest BCUT2D eigenvalue weighted by Gasteiger charge is 2.41. The summed E-state index contributed by atoms with van der Waals surface area (Å²) in [7, 11) is 3.49. The highest BCUT2D eigenvalue weighted by molar-refractivity contribution is 5.91. The quantitative estimate of drug-likeness (QED) is 0.868. The van der Waals surface area contributed by atoms with Gasteiger partial charge < -0.3 is 29.3 Å². The van der Waals surface area contributed by atoms with E-state index in [-0.39, 0.29) is 18.1 Å². The van der Waals surface area contributed by atoms with Crippen molar-refractivity contribution < 1.29 is 14.3 Å². The van der Waals surface area contributed by atoms with Crippen LogP contribution in [0.5, 0.6) is 5.75 Å². The Morgan fingerprint density at radius 3 is 2.86 bits per heavy atom. The molecule has 2 aliphatic rings. The molecular weight excluding hydrogens is 360 g/mol. The van der Waals surface area contributed by atoms with Crippen LogP contribution >= 0.6 is 0 Å². The molecule has 1 aromatic carbocycles. The number of para-hydroxylation sites is 2. The van der Waals surface area contributed by atoms with Crippen LogP contribution in [0.3, 0.4) is 0 Å². The summed E-state index contributed by atoms with van der Waals surface area (Å²) in [6, 6.07) is 7.13. The third-order valence-electron chi connectivity index (χ3n) is 5.32. The molecule has 0 aliphatic carbocycles. The van der Waals surface area contributed by atoms with Crippen molar-refractivity contribution in [1.82, 2.24) is 24.3 Å². The summed E-state index contributed by atoms with van der Waals surface area (Å²) in [6.07, 6.45) is 3.60. The molecular formula is C19H24N6O3. The number of amides is 4. The lowest BCUT2D eigenvalue weighted by molar-refractivity contribution is 0.135. The van der Waals surface area contributed by atoms with E-state index in [1.165, 1.54) is 0 Å². The number of carbonyl (C=O) groups is 2. The smallest absolute Gasteiger partial charge is 0.322 e. The summed E-state index contributed by atoms with van der Waals surface area (Å²) in [5, 5.41) is 2.91. The first kappa shape index (κ1) is 18.1. The SMILES string of the molecule is COc1ccccc1NC(=O)N1CCN2C(=O)N(Cc3nccn3C)CC2C1. The first-order chi connectivity index (χ1) is 13.6. The molecule has 28 heavy (non-hydrogen) atoms. The molecule has 4 amide bonds. The van der Waals surface area contributed by atoms with Crippen LogP contribution in [0.2, 0.25) is 0 Å². The van der Waals surface area contributed by atoms with Crippen LogP contribution in [0.4, 0.5) is 15.3 Å². The van der Waals surface area contributed by atoms with Gasteiger partial charge in [-0.1, -0.05) is 12.1 Å². The van der Waals surface area contributed by atoms with E-state index < -0.39 is 0 Å². The third-order valence-corrected chi connectivity index (χ3v) is 5.32.